The van der Waals surface area contributed by atoms with Crippen LogP contribution in [0.25, 0.3) is 11.1 Å². The molecule has 0 aromatic heterocycles. The van der Waals surface area contributed by atoms with Gasteiger partial charge in [0.05, 0.1) is 19.3 Å². The zero-order chi connectivity index (χ0) is 31.4. The first-order valence-electron chi connectivity index (χ1n) is 15.5. The monoisotopic (exact) mass is 620 g/mol. The number of hydrogen-bond donors (Lipinski definition) is 0. The van der Waals surface area contributed by atoms with E-state index in [0.29, 0.717) is 43.8 Å². The zero-order valence-corrected chi connectivity index (χ0v) is 25.0. The van der Waals surface area contributed by atoms with Crippen molar-refractivity contribution in [2.45, 2.75) is 83.2 Å². The van der Waals surface area contributed by atoms with Crippen LogP contribution >= 0.6 is 0 Å². The largest absolute Gasteiger partial charge is 0.491 e. The van der Waals surface area contributed by atoms with E-state index in [0.717, 1.165) is 25.7 Å². The molecule has 3 aromatic carbocycles. The second-order valence-corrected chi connectivity index (χ2v) is 11.7. The molecule has 0 N–H and O–H groups in total. The number of benzene rings is 3. The van der Waals surface area contributed by atoms with Crippen LogP contribution in [0.3, 0.4) is 0 Å². The fourth-order valence-electron chi connectivity index (χ4n) is 6.68. The minimum Gasteiger partial charge on any atom is -0.491 e. The number of hydrogen-bond acceptors (Lipinski definition) is 3. The van der Waals surface area contributed by atoms with Gasteiger partial charge in [0.1, 0.15) is 0 Å². The molecule has 0 amide bonds. The van der Waals surface area contributed by atoms with Gasteiger partial charge >= 0.3 is 0 Å². The number of rotatable bonds is 10. The van der Waals surface area contributed by atoms with Gasteiger partial charge in [-0.25, -0.2) is 17.6 Å². The maximum Gasteiger partial charge on any atom is 0.201 e. The molecule has 9 heteroatoms. The average molecular weight is 621 g/mol. The van der Waals surface area contributed by atoms with Crippen molar-refractivity contribution in [3.8, 4) is 22.6 Å². The normalized spacial score (nSPS) is 22.2. The topological polar surface area (TPSA) is 27.7 Å². The highest BCUT2D eigenvalue weighted by molar-refractivity contribution is 5.66. The summed E-state index contributed by atoms with van der Waals surface area (Å²) in [5.41, 5.74) is -0.0745. The van der Waals surface area contributed by atoms with Crippen LogP contribution < -0.4 is 9.47 Å². The van der Waals surface area contributed by atoms with Crippen LogP contribution in [-0.4, -0.2) is 25.9 Å². The molecular formula is C35H38F6O3. The van der Waals surface area contributed by atoms with E-state index >= 15 is 8.78 Å². The lowest BCUT2D eigenvalue weighted by Crippen LogP contribution is -2.26. The second kappa shape index (κ2) is 14.3. The summed E-state index contributed by atoms with van der Waals surface area (Å²) in [6.45, 7) is 4.33. The first kappa shape index (κ1) is 32.2. The van der Waals surface area contributed by atoms with E-state index in [-0.39, 0.29) is 59.3 Å². The fourth-order valence-corrected chi connectivity index (χ4v) is 6.68. The molecule has 2 aliphatic carbocycles. The van der Waals surface area contributed by atoms with E-state index in [9.17, 15) is 17.6 Å². The van der Waals surface area contributed by atoms with Gasteiger partial charge in [-0.15, -0.1) is 0 Å². The molecule has 0 bridgehead atoms. The lowest BCUT2D eigenvalue weighted by atomic mass is 9.78. The van der Waals surface area contributed by atoms with Crippen molar-refractivity contribution in [2.75, 3.05) is 19.8 Å². The van der Waals surface area contributed by atoms with Crippen molar-refractivity contribution in [3.63, 3.8) is 0 Å². The molecule has 0 saturated heterocycles. The molecule has 0 atom stereocenters. The van der Waals surface area contributed by atoms with Crippen LogP contribution in [0.2, 0.25) is 0 Å². The molecule has 2 fully saturated rings. The first-order valence-corrected chi connectivity index (χ1v) is 15.5. The lowest BCUT2D eigenvalue weighted by molar-refractivity contribution is -0.00294. The molecule has 0 heterocycles. The first-order chi connectivity index (χ1) is 21.2. The van der Waals surface area contributed by atoms with Crippen molar-refractivity contribution in [1.82, 2.24) is 0 Å². The van der Waals surface area contributed by atoms with Crippen molar-refractivity contribution < 1.29 is 40.6 Å². The summed E-state index contributed by atoms with van der Waals surface area (Å²) in [6, 6.07) is 8.29. The van der Waals surface area contributed by atoms with Crippen molar-refractivity contribution in [1.29, 1.82) is 0 Å². The third kappa shape index (κ3) is 6.72. The molecule has 0 aliphatic heterocycles. The summed E-state index contributed by atoms with van der Waals surface area (Å²) >= 11 is 0. The minimum absolute atomic E-state index is 0.00901. The van der Waals surface area contributed by atoms with E-state index in [4.69, 9.17) is 14.2 Å². The van der Waals surface area contributed by atoms with Gasteiger partial charge < -0.3 is 14.2 Å². The van der Waals surface area contributed by atoms with E-state index in [1.54, 1.807) is 19.9 Å². The predicted molar refractivity (Wildman–Crippen MR) is 156 cm³/mol. The Morgan fingerprint density at radius 3 is 1.52 bits per heavy atom. The van der Waals surface area contributed by atoms with Crippen molar-refractivity contribution >= 4 is 0 Å². The Kier molecular flexibility index (Phi) is 10.4. The quantitative estimate of drug-likeness (QED) is 0.211. The van der Waals surface area contributed by atoms with Crippen LogP contribution in [0.5, 0.6) is 11.5 Å². The highest BCUT2D eigenvalue weighted by Gasteiger charge is 2.30. The average Bonchev–Trinajstić information content (AvgIpc) is 3.03. The number of ether oxygens (including phenoxy) is 3. The Morgan fingerprint density at radius 1 is 0.523 bits per heavy atom. The van der Waals surface area contributed by atoms with Gasteiger partial charge in [-0.2, -0.15) is 8.78 Å². The van der Waals surface area contributed by atoms with E-state index in [1.165, 1.54) is 30.3 Å². The molecule has 5 rings (SSSR count). The van der Waals surface area contributed by atoms with Crippen LogP contribution in [0, 0.1) is 40.8 Å². The minimum atomic E-state index is -1.29. The molecule has 2 aliphatic rings. The fraction of sp³-hybridized carbons (Fsp3) is 0.486. The Balaban J connectivity index is 1.12. The van der Waals surface area contributed by atoms with Gasteiger partial charge in [0.2, 0.25) is 11.6 Å². The molecular weight excluding hydrogens is 582 g/mol. The summed E-state index contributed by atoms with van der Waals surface area (Å²) in [6.07, 6.45) is 5.82. The lowest BCUT2D eigenvalue weighted by Gasteiger charge is -2.33. The van der Waals surface area contributed by atoms with Crippen LogP contribution in [-0.2, 0) is 4.74 Å². The smallest absolute Gasteiger partial charge is 0.201 e. The molecule has 3 aromatic rings. The Hall–Kier alpha value is -3.20. The summed E-state index contributed by atoms with van der Waals surface area (Å²) in [7, 11) is 0. The molecule has 44 heavy (non-hydrogen) atoms. The molecule has 3 nitrogen and oxygen atoms in total. The van der Waals surface area contributed by atoms with Gasteiger partial charge in [-0.05, 0) is 112 Å². The van der Waals surface area contributed by atoms with Crippen LogP contribution in [0.15, 0.2) is 36.4 Å². The van der Waals surface area contributed by atoms with Gasteiger partial charge in [0.15, 0.2) is 34.8 Å². The third-order valence-electron chi connectivity index (χ3n) is 9.09. The summed E-state index contributed by atoms with van der Waals surface area (Å²) in [5.74, 6) is -6.79. The van der Waals surface area contributed by atoms with E-state index < -0.39 is 34.9 Å². The van der Waals surface area contributed by atoms with Gasteiger partial charge in [-0.3, -0.25) is 0 Å². The third-order valence-corrected chi connectivity index (χ3v) is 9.09. The molecule has 0 spiro atoms. The van der Waals surface area contributed by atoms with Crippen molar-refractivity contribution in [3.05, 3.63) is 82.4 Å². The highest BCUT2D eigenvalue weighted by Crippen LogP contribution is 2.41. The van der Waals surface area contributed by atoms with E-state index in [1.807, 2.05) is 0 Å². The highest BCUT2D eigenvalue weighted by atomic mass is 19.2. The Morgan fingerprint density at radius 2 is 0.955 bits per heavy atom. The maximum absolute atomic E-state index is 15.2. The second-order valence-electron chi connectivity index (χ2n) is 11.7. The summed E-state index contributed by atoms with van der Waals surface area (Å²) < 4.78 is 105. The number of halogens is 6. The van der Waals surface area contributed by atoms with E-state index in [2.05, 4.69) is 0 Å². The zero-order valence-electron chi connectivity index (χ0n) is 25.0. The molecule has 238 valence electrons. The molecule has 2 saturated carbocycles. The standard InChI is InChI=1S/C35H38F6O3/c1-3-42-28-17-15-25(31(37)34(28)40)21-7-5-20(6-8-21)19-44-23-11-9-22(10-12-23)24-13-14-26(32(38)30(24)36)27-16-18-29(43-4-2)35(41)33(27)39/h13-18,20-23H,3-12,19H2,1-2H3. The molecule has 0 unspecified atom stereocenters. The summed E-state index contributed by atoms with van der Waals surface area (Å²) in [5, 5.41) is 0. The Labute approximate surface area is 254 Å². The van der Waals surface area contributed by atoms with Crippen LogP contribution in [0.1, 0.15) is 88.2 Å². The Bertz CT molecular complexity index is 1450. The van der Waals surface area contributed by atoms with Gasteiger partial charge in [0, 0.05) is 17.7 Å². The van der Waals surface area contributed by atoms with Crippen molar-refractivity contribution in [2.24, 2.45) is 5.92 Å². The molecule has 0 radical (unpaired) electrons. The SMILES string of the molecule is CCOc1ccc(-c2ccc(C3CCC(OCC4CCC(c5ccc(OCC)c(F)c5F)CC4)CC3)c(F)c2F)c(F)c1F. The predicted octanol–water partition coefficient (Wildman–Crippen LogP) is 10.0. The summed E-state index contributed by atoms with van der Waals surface area (Å²) in [4.78, 5) is 0. The van der Waals surface area contributed by atoms with Gasteiger partial charge in [0.25, 0.3) is 0 Å². The van der Waals surface area contributed by atoms with Gasteiger partial charge in [-0.1, -0.05) is 18.2 Å². The van der Waals surface area contributed by atoms with Crippen LogP contribution in [0.4, 0.5) is 26.3 Å². The maximum atomic E-state index is 15.2.